The number of nitrogens with one attached hydrogen (secondary N) is 1. The number of aromatic nitrogens is 2. The van der Waals surface area contributed by atoms with Crippen LogP contribution in [0.1, 0.15) is 43.2 Å². The van der Waals surface area contributed by atoms with Crippen LogP contribution < -0.4 is 10.1 Å². The van der Waals surface area contributed by atoms with Gasteiger partial charge in [-0.1, -0.05) is 36.4 Å². The van der Waals surface area contributed by atoms with E-state index >= 15 is 0 Å². The minimum absolute atomic E-state index is 0. The number of hydrogen-bond donors (Lipinski definition) is 1. The van der Waals surface area contributed by atoms with Crippen molar-refractivity contribution in [3.05, 3.63) is 89.7 Å². The number of likely N-dealkylation sites (tertiary alicyclic amines) is 2. The maximum atomic E-state index is 13.5. The first-order chi connectivity index (χ1) is 20.6. The van der Waals surface area contributed by atoms with Crippen LogP contribution in [0, 0.1) is 5.82 Å². The summed E-state index contributed by atoms with van der Waals surface area (Å²) in [4.78, 5) is 21.7. The summed E-state index contributed by atoms with van der Waals surface area (Å²) in [6, 6.07) is 23.4. The summed E-state index contributed by atoms with van der Waals surface area (Å²) in [6.45, 7) is 5.56. The zero-order valence-corrected chi connectivity index (χ0v) is 25.4. The molecule has 4 aromatic rings. The van der Waals surface area contributed by atoms with E-state index in [1.54, 1.807) is 0 Å². The minimum atomic E-state index is -0.221. The highest BCUT2D eigenvalue weighted by molar-refractivity contribution is 5.85. The van der Waals surface area contributed by atoms with Gasteiger partial charge in [0, 0.05) is 38.8 Å². The summed E-state index contributed by atoms with van der Waals surface area (Å²) < 4.78 is 21.4. The molecule has 0 spiro atoms. The Morgan fingerprint density at radius 1 is 0.884 bits per heavy atom. The van der Waals surface area contributed by atoms with E-state index in [1.165, 1.54) is 24.1 Å². The van der Waals surface area contributed by atoms with Crippen LogP contribution in [0.4, 0.5) is 10.3 Å². The molecule has 7 nitrogen and oxygen atoms in total. The molecule has 2 fully saturated rings. The first kappa shape index (κ1) is 30.8. The van der Waals surface area contributed by atoms with Gasteiger partial charge in [0.1, 0.15) is 11.6 Å². The largest absolute Gasteiger partial charge is 0.484 e. The number of carbonyl (C=O) groups is 1. The van der Waals surface area contributed by atoms with Crippen LogP contribution in [0.5, 0.6) is 5.75 Å². The molecule has 0 atom stereocenters. The highest BCUT2D eigenvalue weighted by atomic mass is 35.5. The van der Waals surface area contributed by atoms with Gasteiger partial charge in [-0.05, 0) is 86.1 Å². The lowest BCUT2D eigenvalue weighted by Crippen LogP contribution is -2.40. The summed E-state index contributed by atoms with van der Waals surface area (Å²) in [5, 5.41) is 3.72. The first-order valence-electron chi connectivity index (χ1n) is 15.3. The molecule has 1 N–H and O–H groups in total. The van der Waals surface area contributed by atoms with E-state index < -0.39 is 0 Å². The Morgan fingerprint density at radius 2 is 1.58 bits per heavy atom. The van der Waals surface area contributed by atoms with Gasteiger partial charge >= 0.3 is 0 Å². The molecular formula is C34H41ClFN5O2. The topological polar surface area (TPSA) is 62.6 Å². The average molecular weight is 606 g/mol. The van der Waals surface area contributed by atoms with Gasteiger partial charge in [0.05, 0.1) is 17.6 Å². The van der Waals surface area contributed by atoms with E-state index in [2.05, 4.69) is 33.0 Å². The molecule has 1 amide bonds. The fourth-order valence-corrected chi connectivity index (χ4v) is 6.02. The van der Waals surface area contributed by atoms with Crippen LogP contribution in [0.25, 0.3) is 11.0 Å². The van der Waals surface area contributed by atoms with Crippen LogP contribution in [0.2, 0.25) is 0 Å². The highest BCUT2D eigenvalue weighted by Gasteiger charge is 2.22. The van der Waals surface area contributed by atoms with Gasteiger partial charge < -0.3 is 24.4 Å². The zero-order valence-electron chi connectivity index (χ0n) is 24.6. The van der Waals surface area contributed by atoms with Gasteiger partial charge in [0.25, 0.3) is 5.91 Å². The van der Waals surface area contributed by atoms with Crippen molar-refractivity contribution in [1.82, 2.24) is 19.4 Å². The molecular weight excluding hydrogens is 565 g/mol. The van der Waals surface area contributed by atoms with Crippen LogP contribution in [0.3, 0.4) is 0 Å². The number of para-hydroxylation sites is 2. The van der Waals surface area contributed by atoms with Crippen molar-refractivity contribution in [3.63, 3.8) is 0 Å². The fraction of sp³-hybridized carbons (Fsp3) is 0.412. The number of imidazole rings is 1. The smallest absolute Gasteiger partial charge is 0.260 e. The molecule has 2 aliphatic heterocycles. The van der Waals surface area contributed by atoms with Crippen LogP contribution in [0.15, 0.2) is 72.8 Å². The third-order valence-electron chi connectivity index (χ3n) is 8.54. The molecule has 0 bridgehead atoms. The van der Waals surface area contributed by atoms with Gasteiger partial charge in [-0.25, -0.2) is 9.37 Å². The van der Waals surface area contributed by atoms with Crippen molar-refractivity contribution < 1.29 is 13.9 Å². The maximum absolute atomic E-state index is 13.5. The fourth-order valence-electron chi connectivity index (χ4n) is 6.02. The molecule has 0 radical (unpaired) electrons. The number of halogens is 2. The van der Waals surface area contributed by atoms with E-state index in [1.807, 2.05) is 47.4 Å². The second-order valence-corrected chi connectivity index (χ2v) is 11.5. The van der Waals surface area contributed by atoms with Crippen molar-refractivity contribution in [1.29, 1.82) is 0 Å². The normalized spacial score (nSPS) is 16.2. The Morgan fingerprint density at radius 3 is 2.33 bits per heavy atom. The Balaban J connectivity index is 0.00000368. The zero-order chi connectivity index (χ0) is 28.7. The Hall–Kier alpha value is -3.62. The van der Waals surface area contributed by atoms with E-state index in [-0.39, 0.29) is 30.7 Å². The van der Waals surface area contributed by atoms with Gasteiger partial charge in [0.2, 0.25) is 5.95 Å². The van der Waals surface area contributed by atoms with Gasteiger partial charge in [0.15, 0.2) is 6.61 Å². The number of anilines is 1. The van der Waals surface area contributed by atoms with Crippen molar-refractivity contribution >= 4 is 35.3 Å². The van der Waals surface area contributed by atoms with Crippen LogP contribution in [-0.2, 0) is 17.8 Å². The lowest BCUT2D eigenvalue weighted by Gasteiger charge is -2.32. The summed E-state index contributed by atoms with van der Waals surface area (Å²) in [5.74, 6) is 1.49. The molecule has 0 saturated carbocycles. The highest BCUT2D eigenvalue weighted by Crippen LogP contribution is 2.24. The van der Waals surface area contributed by atoms with E-state index in [4.69, 9.17) is 9.72 Å². The second-order valence-electron chi connectivity index (χ2n) is 11.5. The minimum Gasteiger partial charge on any atom is -0.484 e. The standard InChI is InChI=1S/C34H40FN5O2.ClH/c35-28-12-8-27(9-13-28)24-40-32-7-3-2-6-31(32)37-34(40)36-29-17-22-38(23-18-29)21-16-26-10-14-30(15-11-26)42-25-33(41)39-19-4-1-5-20-39;/h2-3,6-15,29H,1,4-5,16-25H2,(H,36,37);1H. The number of benzene rings is 3. The molecule has 3 heterocycles. The van der Waals surface area contributed by atoms with Crippen molar-refractivity contribution in [2.75, 3.05) is 44.6 Å². The second kappa shape index (κ2) is 14.7. The Labute approximate surface area is 259 Å². The molecule has 2 saturated heterocycles. The van der Waals surface area contributed by atoms with Gasteiger partial charge in [-0.2, -0.15) is 0 Å². The number of carbonyl (C=O) groups excluding carboxylic acids is 1. The molecule has 2 aliphatic rings. The number of rotatable bonds is 10. The lowest BCUT2D eigenvalue weighted by atomic mass is 10.0. The summed E-state index contributed by atoms with van der Waals surface area (Å²) >= 11 is 0. The molecule has 228 valence electrons. The summed E-state index contributed by atoms with van der Waals surface area (Å²) in [7, 11) is 0. The van der Waals surface area contributed by atoms with Crippen LogP contribution in [-0.4, -0.2) is 70.6 Å². The quantitative estimate of drug-likeness (QED) is 0.235. The molecule has 3 aromatic carbocycles. The lowest BCUT2D eigenvalue weighted by molar-refractivity contribution is -0.134. The van der Waals surface area contributed by atoms with Crippen molar-refractivity contribution in [3.8, 4) is 5.75 Å². The molecule has 43 heavy (non-hydrogen) atoms. The molecule has 0 aliphatic carbocycles. The first-order valence-corrected chi connectivity index (χ1v) is 15.3. The average Bonchev–Trinajstić information content (AvgIpc) is 3.38. The predicted octanol–water partition coefficient (Wildman–Crippen LogP) is 6.16. The summed E-state index contributed by atoms with van der Waals surface area (Å²) in [6.07, 6.45) is 6.49. The third kappa shape index (κ3) is 8.06. The third-order valence-corrected chi connectivity index (χ3v) is 8.54. The number of fused-ring (bicyclic) bond motifs is 1. The van der Waals surface area contributed by atoms with Gasteiger partial charge in [-0.15, -0.1) is 12.4 Å². The molecule has 6 rings (SSSR count). The Kier molecular flexibility index (Phi) is 10.5. The van der Waals surface area contributed by atoms with Crippen LogP contribution >= 0.6 is 12.4 Å². The maximum Gasteiger partial charge on any atom is 0.260 e. The van der Waals surface area contributed by atoms with E-state index in [9.17, 15) is 9.18 Å². The summed E-state index contributed by atoms with van der Waals surface area (Å²) in [5.41, 5.74) is 4.36. The molecule has 9 heteroatoms. The van der Waals surface area contributed by atoms with Gasteiger partial charge in [-0.3, -0.25) is 4.79 Å². The Bertz CT molecular complexity index is 1460. The number of ether oxygens (including phenoxy) is 1. The monoisotopic (exact) mass is 605 g/mol. The predicted molar refractivity (Wildman–Crippen MR) is 172 cm³/mol. The SMILES string of the molecule is Cl.O=C(COc1ccc(CCN2CCC(Nc3nc4ccccc4n3Cc3ccc(F)cc3)CC2)cc1)N1CCCCC1. The molecule has 0 unspecified atom stereocenters. The van der Waals surface area contributed by atoms with Crippen molar-refractivity contribution in [2.45, 2.75) is 51.1 Å². The number of nitrogens with zero attached hydrogens (tertiary/aromatic N) is 4. The van der Waals surface area contributed by atoms with E-state index in [0.717, 1.165) is 93.1 Å². The van der Waals surface area contributed by atoms with Crippen molar-refractivity contribution in [2.24, 2.45) is 0 Å². The molecule has 1 aromatic heterocycles. The number of hydrogen-bond acceptors (Lipinski definition) is 5. The van der Waals surface area contributed by atoms with E-state index in [0.29, 0.717) is 12.6 Å². The number of amides is 1. The number of piperidine rings is 2.